The van der Waals surface area contributed by atoms with Crippen LogP contribution in [0.3, 0.4) is 0 Å². The van der Waals surface area contributed by atoms with Crippen LogP contribution >= 0.6 is 0 Å². The van der Waals surface area contributed by atoms with Crippen molar-refractivity contribution in [3.05, 3.63) is 29.3 Å². The monoisotopic (exact) mass is 463 g/mol. The predicted molar refractivity (Wildman–Crippen MR) is 115 cm³/mol. The number of sulfonamides is 1. The lowest BCUT2D eigenvalue weighted by molar-refractivity contribution is 0.0212. The summed E-state index contributed by atoms with van der Waals surface area (Å²) in [7, 11) is -4.18. The number of carbonyl (C=O) groups excluding carboxylic acids is 2. The van der Waals surface area contributed by atoms with Gasteiger partial charge in [0.05, 0.1) is 23.6 Å². The first-order chi connectivity index (χ1) is 14.6. The van der Waals surface area contributed by atoms with E-state index in [1.54, 1.807) is 41.5 Å². The van der Waals surface area contributed by atoms with E-state index < -0.39 is 45.5 Å². The average Bonchev–Trinajstić information content (AvgIpc) is 3.36. The lowest BCUT2D eigenvalue weighted by Gasteiger charge is -2.27. The van der Waals surface area contributed by atoms with E-state index in [1.807, 2.05) is 0 Å². The highest BCUT2D eigenvalue weighted by atomic mass is 32.2. The van der Waals surface area contributed by atoms with Crippen LogP contribution in [0.15, 0.2) is 23.1 Å². The van der Waals surface area contributed by atoms with Gasteiger partial charge in [-0.1, -0.05) is 6.07 Å². The highest BCUT2D eigenvalue weighted by molar-refractivity contribution is 7.89. The molecular formula is C22H29N3O6S. The first-order valence-electron chi connectivity index (χ1n) is 10.4. The number of amides is 2. The first-order valence-corrected chi connectivity index (χ1v) is 11.9. The molecule has 0 aromatic heterocycles. The van der Waals surface area contributed by atoms with Crippen LogP contribution in [-0.2, 0) is 26.0 Å². The van der Waals surface area contributed by atoms with Gasteiger partial charge in [0.25, 0.3) is 10.0 Å². The van der Waals surface area contributed by atoms with Gasteiger partial charge in [-0.3, -0.25) is 4.90 Å². The minimum absolute atomic E-state index is 0.0295. The normalized spacial score (nSPS) is 18.5. The van der Waals surface area contributed by atoms with E-state index in [9.17, 15) is 23.3 Å². The molecule has 1 heterocycles. The van der Waals surface area contributed by atoms with E-state index >= 15 is 0 Å². The summed E-state index contributed by atoms with van der Waals surface area (Å²) in [5.41, 5.74) is -0.527. The molecule has 1 aliphatic carbocycles. The van der Waals surface area contributed by atoms with Gasteiger partial charge in [-0.25, -0.2) is 18.0 Å². The van der Waals surface area contributed by atoms with Crippen LogP contribution in [0.25, 0.3) is 0 Å². The molecule has 1 unspecified atom stereocenters. The Hall–Kier alpha value is -2.80. The Morgan fingerprint density at radius 3 is 2.19 bits per heavy atom. The molecule has 1 saturated carbocycles. The molecule has 0 spiro atoms. The van der Waals surface area contributed by atoms with Gasteiger partial charge in [0.1, 0.15) is 17.2 Å². The molecule has 1 aliphatic heterocycles. The van der Waals surface area contributed by atoms with Crippen molar-refractivity contribution in [1.29, 1.82) is 5.26 Å². The second kappa shape index (κ2) is 7.96. The van der Waals surface area contributed by atoms with Gasteiger partial charge in [-0.2, -0.15) is 9.57 Å². The Morgan fingerprint density at radius 1 is 1.09 bits per heavy atom. The largest absolute Gasteiger partial charge is 0.444 e. The van der Waals surface area contributed by atoms with Crippen molar-refractivity contribution in [3.63, 3.8) is 0 Å². The molecule has 0 radical (unpaired) electrons. The quantitative estimate of drug-likeness (QED) is 0.662. The van der Waals surface area contributed by atoms with E-state index in [1.165, 1.54) is 23.1 Å². The third-order valence-electron chi connectivity index (χ3n) is 4.82. The highest BCUT2D eigenvalue weighted by Gasteiger charge is 2.45. The third kappa shape index (κ3) is 4.99. The molecule has 0 N–H and O–H groups in total. The summed E-state index contributed by atoms with van der Waals surface area (Å²) in [4.78, 5) is 26.4. The molecule has 1 aromatic rings. The van der Waals surface area contributed by atoms with Crippen molar-refractivity contribution in [3.8, 4) is 6.07 Å². The van der Waals surface area contributed by atoms with Gasteiger partial charge in [-0.05, 0) is 77.6 Å². The van der Waals surface area contributed by atoms with Gasteiger partial charge in [0.2, 0.25) is 0 Å². The van der Waals surface area contributed by atoms with Gasteiger partial charge in [0.15, 0.2) is 0 Å². The van der Waals surface area contributed by atoms with Crippen LogP contribution in [0.5, 0.6) is 0 Å². The standard InChI is InChI=1S/C22H29N3O6S/c1-21(2,3)30-19(26)24-13-14-11-16(9-10-17(14)18(24)12-23)32(28,29)25(15-7-8-15)20(27)31-22(4,5)6/h9-11,15,18H,7-8,13H2,1-6H3. The second-order valence-corrected chi connectivity index (χ2v) is 11.8. The maximum Gasteiger partial charge on any atom is 0.424 e. The number of hydrogen-bond donors (Lipinski definition) is 0. The van der Waals surface area contributed by atoms with Crippen LogP contribution in [0, 0.1) is 11.3 Å². The summed E-state index contributed by atoms with van der Waals surface area (Å²) in [6.07, 6.45) is -0.414. The van der Waals surface area contributed by atoms with Gasteiger partial charge in [-0.15, -0.1) is 0 Å². The fourth-order valence-corrected chi connectivity index (χ4v) is 4.99. The molecule has 1 fully saturated rings. The van der Waals surface area contributed by atoms with Gasteiger partial charge >= 0.3 is 12.2 Å². The van der Waals surface area contributed by atoms with Crippen molar-refractivity contribution in [2.24, 2.45) is 0 Å². The van der Waals surface area contributed by atoms with E-state index in [0.717, 1.165) is 4.31 Å². The number of ether oxygens (including phenoxy) is 2. The number of nitriles is 1. The Labute approximate surface area is 188 Å². The Bertz CT molecular complexity index is 1070. The number of rotatable bonds is 3. The summed E-state index contributed by atoms with van der Waals surface area (Å²) in [6.45, 7) is 10.2. The predicted octanol–water partition coefficient (Wildman–Crippen LogP) is 4.09. The van der Waals surface area contributed by atoms with Crippen LogP contribution < -0.4 is 0 Å². The number of carbonyl (C=O) groups is 2. The molecule has 9 nitrogen and oxygen atoms in total. The molecule has 174 valence electrons. The van der Waals surface area contributed by atoms with Gasteiger partial charge in [0, 0.05) is 0 Å². The SMILES string of the molecule is CC(C)(C)OC(=O)N1Cc2cc(S(=O)(=O)N(C(=O)OC(C)(C)C)C3CC3)ccc2C1C#N. The number of benzene rings is 1. The van der Waals surface area contributed by atoms with Crippen molar-refractivity contribution < 1.29 is 27.5 Å². The van der Waals surface area contributed by atoms with Crippen LogP contribution in [-0.4, -0.2) is 47.1 Å². The molecule has 32 heavy (non-hydrogen) atoms. The van der Waals surface area contributed by atoms with Crippen molar-refractivity contribution in [1.82, 2.24) is 9.21 Å². The topological polar surface area (TPSA) is 117 Å². The summed E-state index contributed by atoms with van der Waals surface area (Å²) >= 11 is 0. The fraction of sp³-hybridized carbons (Fsp3) is 0.591. The maximum absolute atomic E-state index is 13.3. The fourth-order valence-electron chi connectivity index (χ4n) is 3.39. The minimum Gasteiger partial charge on any atom is -0.444 e. The number of nitrogens with zero attached hydrogens (tertiary/aromatic N) is 3. The summed E-state index contributed by atoms with van der Waals surface area (Å²) in [5.74, 6) is 0. The number of fused-ring (bicyclic) bond motifs is 1. The molecule has 0 saturated heterocycles. The smallest absolute Gasteiger partial charge is 0.424 e. The third-order valence-corrected chi connectivity index (χ3v) is 6.64. The molecule has 2 amide bonds. The molecule has 1 aromatic carbocycles. The van der Waals surface area contributed by atoms with E-state index in [0.29, 0.717) is 24.0 Å². The van der Waals surface area contributed by atoms with Crippen LogP contribution in [0.1, 0.15) is 71.6 Å². The maximum atomic E-state index is 13.3. The van der Waals surface area contributed by atoms with Crippen molar-refractivity contribution in [2.45, 2.75) is 89.1 Å². The lowest BCUT2D eigenvalue weighted by Crippen LogP contribution is -2.42. The minimum atomic E-state index is -4.18. The summed E-state index contributed by atoms with van der Waals surface area (Å²) in [6, 6.07) is 5.05. The second-order valence-electron chi connectivity index (χ2n) is 10.0. The summed E-state index contributed by atoms with van der Waals surface area (Å²) < 4.78 is 38.2. The van der Waals surface area contributed by atoms with E-state index in [4.69, 9.17) is 9.47 Å². The summed E-state index contributed by atoms with van der Waals surface area (Å²) in [5, 5.41) is 9.62. The van der Waals surface area contributed by atoms with E-state index in [2.05, 4.69) is 6.07 Å². The molecule has 2 aliphatic rings. The molecule has 0 bridgehead atoms. The zero-order valence-corrected chi connectivity index (χ0v) is 20.0. The zero-order chi connectivity index (χ0) is 24.1. The molecular weight excluding hydrogens is 434 g/mol. The zero-order valence-electron chi connectivity index (χ0n) is 19.2. The Morgan fingerprint density at radius 2 is 1.69 bits per heavy atom. The van der Waals surface area contributed by atoms with Crippen molar-refractivity contribution in [2.75, 3.05) is 0 Å². The van der Waals surface area contributed by atoms with Crippen molar-refractivity contribution >= 4 is 22.2 Å². The lowest BCUT2D eigenvalue weighted by atomic mass is 10.1. The first kappa shape index (κ1) is 23.9. The highest BCUT2D eigenvalue weighted by Crippen LogP contribution is 2.38. The number of hydrogen-bond acceptors (Lipinski definition) is 7. The molecule has 10 heteroatoms. The van der Waals surface area contributed by atoms with E-state index in [-0.39, 0.29) is 11.4 Å². The molecule has 1 atom stereocenters. The molecule has 3 rings (SSSR count). The Balaban J connectivity index is 1.92. The van der Waals surface area contributed by atoms with Gasteiger partial charge < -0.3 is 9.47 Å². The average molecular weight is 464 g/mol. The van der Waals surface area contributed by atoms with Crippen LogP contribution in [0.4, 0.5) is 9.59 Å². The Kier molecular flexibility index (Phi) is 5.93. The van der Waals surface area contributed by atoms with Crippen LogP contribution in [0.2, 0.25) is 0 Å².